The molecule has 2 unspecified atom stereocenters. The highest BCUT2D eigenvalue weighted by atomic mass is 15.3. The fourth-order valence-corrected chi connectivity index (χ4v) is 3.94. The maximum absolute atomic E-state index is 6.11. The molecule has 0 bridgehead atoms. The molecule has 0 aromatic carbocycles. The summed E-state index contributed by atoms with van der Waals surface area (Å²) in [6.45, 7) is 7.64. The van der Waals surface area contributed by atoms with Crippen molar-refractivity contribution in [1.29, 1.82) is 0 Å². The molecule has 0 amide bonds. The van der Waals surface area contributed by atoms with E-state index in [1.54, 1.807) is 0 Å². The van der Waals surface area contributed by atoms with Gasteiger partial charge in [-0.25, -0.2) is 0 Å². The minimum absolute atomic E-state index is 0.323. The topological polar surface area (TPSA) is 50.3 Å². The molecule has 5 heteroatoms. The van der Waals surface area contributed by atoms with E-state index in [9.17, 15) is 0 Å². The number of rotatable bonds is 3. The normalized spacial score (nSPS) is 26.4. The number of hydrogen-bond acceptors (Lipinski definition) is 4. The monoisotopic (exact) mass is 277 g/mol. The molecule has 0 aliphatic carbocycles. The van der Waals surface area contributed by atoms with Gasteiger partial charge in [-0.05, 0) is 39.3 Å². The molecule has 3 rings (SSSR count). The number of nitrogens with two attached hydrogens (primary N) is 1. The van der Waals surface area contributed by atoms with Crippen LogP contribution in [0.15, 0.2) is 6.20 Å². The minimum atomic E-state index is 0.323. The molecule has 2 N–H and O–H groups in total. The van der Waals surface area contributed by atoms with Gasteiger partial charge in [-0.3, -0.25) is 14.5 Å². The van der Waals surface area contributed by atoms with E-state index in [0.29, 0.717) is 12.6 Å². The van der Waals surface area contributed by atoms with Crippen LogP contribution in [0, 0.1) is 6.92 Å². The Morgan fingerprint density at radius 2 is 2.15 bits per heavy atom. The summed E-state index contributed by atoms with van der Waals surface area (Å²) in [6, 6.07) is 1.06. The summed E-state index contributed by atoms with van der Waals surface area (Å²) in [7, 11) is 1.99. The van der Waals surface area contributed by atoms with Crippen LogP contribution in [0.5, 0.6) is 0 Å². The van der Waals surface area contributed by atoms with Crippen LogP contribution in [0.1, 0.15) is 36.6 Å². The maximum Gasteiger partial charge on any atom is 0.0641 e. The van der Waals surface area contributed by atoms with Crippen molar-refractivity contribution >= 4 is 0 Å². The Hall–Kier alpha value is -0.910. The van der Waals surface area contributed by atoms with Crippen molar-refractivity contribution < 1.29 is 0 Å². The van der Waals surface area contributed by atoms with E-state index in [4.69, 9.17) is 5.73 Å². The fraction of sp³-hybridized carbons (Fsp3) is 0.800. The Labute approximate surface area is 121 Å². The third-order valence-electron chi connectivity index (χ3n) is 4.91. The Morgan fingerprint density at radius 1 is 1.35 bits per heavy atom. The number of nitrogens with zero attached hydrogens (tertiary/aromatic N) is 4. The number of hydrogen-bond donors (Lipinski definition) is 1. The average Bonchev–Trinajstić information content (AvgIpc) is 2.92. The molecule has 0 spiro atoms. The standard InChI is InChI=1S/C15H27N5/c1-12-14(11-18(2)17-12)15(9-16)20-8-4-7-19-6-3-5-13(19)10-20/h11,13,15H,3-10,16H2,1-2H3. The molecular weight excluding hydrogens is 250 g/mol. The lowest BCUT2D eigenvalue weighted by Crippen LogP contribution is -2.40. The van der Waals surface area contributed by atoms with Gasteiger partial charge in [-0.15, -0.1) is 0 Å². The van der Waals surface area contributed by atoms with Gasteiger partial charge < -0.3 is 5.73 Å². The van der Waals surface area contributed by atoms with Crippen LogP contribution in [0.2, 0.25) is 0 Å². The highest BCUT2D eigenvalue weighted by Crippen LogP contribution is 2.28. The second-order valence-electron chi connectivity index (χ2n) is 6.28. The largest absolute Gasteiger partial charge is 0.329 e. The first kappa shape index (κ1) is 14.0. The first-order valence-corrected chi connectivity index (χ1v) is 7.87. The van der Waals surface area contributed by atoms with E-state index in [2.05, 4.69) is 28.0 Å². The van der Waals surface area contributed by atoms with E-state index >= 15 is 0 Å². The van der Waals surface area contributed by atoms with E-state index in [-0.39, 0.29) is 0 Å². The van der Waals surface area contributed by atoms with Gasteiger partial charge in [0.15, 0.2) is 0 Å². The fourth-order valence-electron chi connectivity index (χ4n) is 3.94. The van der Waals surface area contributed by atoms with Gasteiger partial charge in [-0.1, -0.05) is 0 Å². The maximum atomic E-state index is 6.11. The van der Waals surface area contributed by atoms with Crippen molar-refractivity contribution in [3.8, 4) is 0 Å². The van der Waals surface area contributed by atoms with E-state index in [0.717, 1.165) is 24.8 Å². The van der Waals surface area contributed by atoms with E-state index in [1.807, 2.05) is 11.7 Å². The second-order valence-corrected chi connectivity index (χ2v) is 6.28. The summed E-state index contributed by atoms with van der Waals surface area (Å²) in [4.78, 5) is 5.27. The van der Waals surface area contributed by atoms with E-state index in [1.165, 1.54) is 37.9 Å². The van der Waals surface area contributed by atoms with Crippen LogP contribution in [-0.4, -0.2) is 58.3 Å². The highest BCUT2D eigenvalue weighted by Gasteiger charge is 2.32. The van der Waals surface area contributed by atoms with Crippen molar-refractivity contribution in [2.45, 2.75) is 38.3 Å². The van der Waals surface area contributed by atoms with Gasteiger partial charge in [0.05, 0.1) is 11.7 Å². The lowest BCUT2D eigenvalue weighted by atomic mass is 10.1. The summed E-state index contributed by atoms with van der Waals surface area (Å²) in [6.07, 6.45) is 6.11. The predicted octanol–water partition coefficient (Wildman–Crippen LogP) is 0.898. The minimum Gasteiger partial charge on any atom is -0.329 e. The third kappa shape index (κ3) is 2.62. The van der Waals surface area contributed by atoms with Crippen LogP contribution in [0.4, 0.5) is 0 Å². The summed E-state index contributed by atoms with van der Waals surface area (Å²) < 4.78 is 1.91. The van der Waals surface area contributed by atoms with Crippen molar-refractivity contribution in [2.24, 2.45) is 12.8 Å². The Balaban J connectivity index is 1.79. The summed E-state index contributed by atoms with van der Waals surface area (Å²) in [5, 5.41) is 4.49. The summed E-state index contributed by atoms with van der Waals surface area (Å²) in [5.74, 6) is 0. The number of aromatic nitrogens is 2. The van der Waals surface area contributed by atoms with Gasteiger partial charge in [-0.2, -0.15) is 5.10 Å². The van der Waals surface area contributed by atoms with Gasteiger partial charge in [0.1, 0.15) is 0 Å². The van der Waals surface area contributed by atoms with Crippen molar-refractivity contribution in [1.82, 2.24) is 19.6 Å². The van der Waals surface area contributed by atoms with Gasteiger partial charge in [0.2, 0.25) is 0 Å². The highest BCUT2D eigenvalue weighted by molar-refractivity contribution is 5.21. The Bertz CT molecular complexity index is 455. The Kier molecular flexibility index (Phi) is 4.10. The zero-order valence-corrected chi connectivity index (χ0v) is 12.8. The molecule has 1 aromatic rings. The molecule has 5 nitrogen and oxygen atoms in total. The average molecular weight is 277 g/mol. The summed E-state index contributed by atoms with van der Waals surface area (Å²) >= 11 is 0. The predicted molar refractivity (Wildman–Crippen MR) is 80.5 cm³/mol. The zero-order valence-electron chi connectivity index (χ0n) is 12.8. The lowest BCUT2D eigenvalue weighted by molar-refractivity contribution is 0.175. The van der Waals surface area contributed by atoms with Gasteiger partial charge in [0.25, 0.3) is 0 Å². The van der Waals surface area contributed by atoms with Crippen LogP contribution in [0.25, 0.3) is 0 Å². The van der Waals surface area contributed by atoms with E-state index < -0.39 is 0 Å². The molecule has 2 atom stereocenters. The third-order valence-corrected chi connectivity index (χ3v) is 4.91. The van der Waals surface area contributed by atoms with Crippen LogP contribution in [-0.2, 0) is 7.05 Å². The van der Waals surface area contributed by atoms with Crippen LogP contribution < -0.4 is 5.73 Å². The van der Waals surface area contributed by atoms with Crippen molar-refractivity contribution in [3.05, 3.63) is 17.5 Å². The summed E-state index contributed by atoms with van der Waals surface area (Å²) in [5.41, 5.74) is 8.54. The zero-order chi connectivity index (χ0) is 14.1. The molecule has 3 heterocycles. The van der Waals surface area contributed by atoms with Crippen molar-refractivity contribution in [2.75, 3.05) is 32.7 Å². The number of fused-ring (bicyclic) bond motifs is 1. The number of aryl methyl sites for hydroxylation is 2. The molecular formula is C15H27N5. The molecule has 2 fully saturated rings. The molecule has 1 aromatic heterocycles. The molecule has 112 valence electrons. The molecule has 20 heavy (non-hydrogen) atoms. The molecule has 2 saturated heterocycles. The van der Waals surface area contributed by atoms with Gasteiger partial charge >= 0.3 is 0 Å². The Morgan fingerprint density at radius 3 is 2.85 bits per heavy atom. The first-order chi connectivity index (χ1) is 9.69. The molecule has 0 radical (unpaired) electrons. The molecule has 0 saturated carbocycles. The molecule has 2 aliphatic rings. The first-order valence-electron chi connectivity index (χ1n) is 7.87. The quantitative estimate of drug-likeness (QED) is 0.892. The SMILES string of the molecule is Cc1nn(C)cc1C(CN)N1CCCN2CCCC2C1. The second kappa shape index (κ2) is 5.84. The smallest absolute Gasteiger partial charge is 0.0641 e. The van der Waals surface area contributed by atoms with Gasteiger partial charge in [0, 0.05) is 44.5 Å². The van der Waals surface area contributed by atoms with Crippen LogP contribution in [0.3, 0.4) is 0 Å². The van der Waals surface area contributed by atoms with Crippen LogP contribution >= 0.6 is 0 Å². The lowest BCUT2D eigenvalue weighted by Gasteiger charge is -2.32. The molecule has 2 aliphatic heterocycles. The van der Waals surface area contributed by atoms with Crippen molar-refractivity contribution in [3.63, 3.8) is 0 Å².